The number of ether oxygens (including phenoxy) is 3. The summed E-state index contributed by atoms with van der Waals surface area (Å²) >= 11 is 0. The van der Waals surface area contributed by atoms with Gasteiger partial charge < -0.3 is 55.1 Å². The average Bonchev–Trinajstić information content (AvgIpc) is 2.99. The van der Waals surface area contributed by atoms with Crippen LogP contribution in [0.5, 0.6) is 0 Å². The van der Waals surface area contributed by atoms with Gasteiger partial charge in [0.15, 0.2) is 12.4 Å². The number of unbranched alkanes of at least 4 members (excludes halogenated alkanes) is 14. The molecule has 0 aliphatic carbocycles. The molecule has 1 fully saturated rings. The minimum Gasteiger partial charge on any atom is -0.454 e. The molecule has 12 nitrogen and oxygen atoms in total. The van der Waals surface area contributed by atoms with Crippen molar-refractivity contribution in [1.29, 1.82) is 0 Å². The first-order chi connectivity index (χ1) is 20.2. The first-order valence-electron chi connectivity index (χ1n) is 15.9. The maximum absolute atomic E-state index is 12.6. The van der Waals surface area contributed by atoms with Crippen molar-refractivity contribution in [1.82, 2.24) is 0 Å². The predicted octanol–water partition coefficient (Wildman–Crippen LogP) is 1.05. The highest BCUT2D eigenvalue weighted by atomic mass is 16.7. The van der Waals surface area contributed by atoms with E-state index in [1.807, 2.05) is 0 Å². The molecular formula is C30H58O12. The zero-order valence-electron chi connectivity index (χ0n) is 25.3. The fourth-order valence-electron chi connectivity index (χ4n) is 5.13. The third kappa shape index (κ3) is 14.7. The van der Waals surface area contributed by atoms with E-state index in [2.05, 4.69) is 6.92 Å². The highest BCUT2D eigenvalue weighted by Gasteiger charge is 2.49. The van der Waals surface area contributed by atoms with Crippen LogP contribution in [0.2, 0.25) is 0 Å². The monoisotopic (exact) mass is 610 g/mol. The SMILES string of the molecule is CCCCCCCCCCCCCCCCCC(=O)O[C@H]1[C@H](O[C@@H]([C@H](O)[C@@H](O)CO)[C@H](O)CO)O[C@H](CO)[C@H](O)[C@@H]1O. The third-order valence-corrected chi connectivity index (χ3v) is 7.85. The van der Waals surface area contributed by atoms with Crippen LogP contribution in [-0.4, -0.2) is 122 Å². The van der Waals surface area contributed by atoms with Crippen molar-refractivity contribution in [3.05, 3.63) is 0 Å². The molecule has 250 valence electrons. The number of hydrogen-bond donors (Lipinski definition) is 8. The predicted molar refractivity (Wildman–Crippen MR) is 154 cm³/mol. The van der Waals surface area contributed by atoms with E-state index < -0.39 is 80.9 Å². The Hall–Kier alpha value is -0.930. The van der Waals surface area contributed by atoms with Gasteiger partial charge in [-0.05, 0) is 6.42 Å². The molecule has 1 rings (SSSR count). The highest BCUT2D eigenvalue weighted by Crippen LogP contribution is 2.28. The van der Waals surface area contributed by atoms with E-state index in [4.69, 9.17) is 19.3 Å². The summed E-state index contributed by atoms with van der Waals surface area (Å²) in [5, 5.41) is 79.2. The Balaban J connectivity index is 2.45. The van der Waals surface area contributed by atoms with Crippen molar-refractivity contribution in [2.75, 3.05) is 19.8 Å². The van der Waals surface area contributed by atoms with Gasteiger partial charge in [0, 0.05) is 6.42 Å². The molecule has 0 bridgehead atoms. The molecule has 1 aliphatic rings. The summed E-state index contributed by atoms with van der Waals surface area (Å²) in [5.74, 6) is -0.684. The Morgan fingerprint density at radius 3 is 1.64 bits per heavy atom. The molecule has 42 heavy (non-hydrogen) atoms. The Bertz CT molecular complexity index is 668. The first-order valence-corrected chi connectivity index (χ1v) is 15.9. The van der Waals surface area contributed by atoms with Gasteiger partial charge in [-0.25, -0.2) is 0 Å². The lowest BCUT2D eigenvalue weighted by Crippen LogP contribution is -2.62. The zero-order chi connectivity index (χ0) is 31.3. The highest BCUT2D eigenvalue weighted by molar-refractivity contribution is 5.69. The summed E-state index contributed by atoms with van der Waals surface area (Å²) in [4.78, 5) is 12.6. The largest absolute Gasteiger partial charge is 0.454 e. The summed E-state index contributed by atoms with van der Waals surface area (Å²) in [6.45, 7) is -0.280. The van der Waals surface area contributed by atoms with E-state index in [1.54, 1.807) is 0 Å². The molecule has 12 heteroatoms. The smallest absolute Gasteiger partial charge is 0.306 e. The zero-order valence-corrected chi connectivity index (χ0v) is 25.3. The maximum Gasteiger partial charge on any atom is 0.306 e. The molecule has 9 atom stereocenters. The van der Waals surface area contributed by atoms with Crippen molar-refractivity contribution >= 4 is 5.97 Å². The van der Waals surface area contributed by atoms with Gasteiger partial charge in [-0.3, -0.25) is 4.79 Å². The maximum atomic E-state index is 12.6. The molecule has 0 radical (unpaired) electrons. The van der Waals surface area contributed by atoms with E-state index in [1.165, 1.54) is 64.2 Å². The number of carbonyl (C=O) groups is 1. The number of carbonyl (C=O) groups excluding carboxylic acids is 1. The lowest BCUT2D eigenvalue weighted by molar-refractivity contribution is -0.329. The second kappa shape index (κ2) is 23.5. The number of aliphatic hydroxyl groups is 8. The second-order valence-corrected chi connectivity index (χ2v) is 11.5. The number of esters is 1. The van der Waals surface area contributed by atoms with Gasteiger partial charge in [-0.2, -0.15) is 0 Å². The van der Waals surface area contributed by atoms with Crippen LogP contribution in [0, 0.1) is 0 Å². The van der Waals surface area contributed by atoms with Crippen LogP contribution in [0.15, 0.2) is 0 Å². The molecule has 0 aromatic heterocycles. The van der Waals surface area contributed by atoms with Gasteiger partial charge in [0.1, 0.15) is 42.7 Å². The summed E-state index contributed by atoms with van der Waals surface area (Å²) in [7, 11) is 0. The van der Waals surface area contributed by atoms with Crippen molar-refractivity contribution in [2.45, 2.75) is 165 Å². The van der Waals surface area contributed by atoms with Crippen LogP contribution in [0.3, 0.4) is 0 Å². The molecule has 0 aromatic carbocycles. The van der Waals surface area contributed by atoms with Crippen LogP contribution in [0.25, 0.3) is 0 Å². The number of aliphatic hydroxyl groups excluding tert-OH is 8. The molecule has 1 heterocycles. The van der Waals surface area contributed by atoms with E-state index in [-0.39, 0.29) is 6.42 Å². The second-order valence-electron chi connectivity index (χ2n) is 11.5. The topological polar surface area (TPSA) is 207 Å². The molecule has 1 aliphatic heterocycles. The van der Waals surface area contributed by atoms with Crippen LogP contribution in [-0.2, 0) is 19.0 Å². The fourth-order valence-corrected chi connectivity index (χ4v) is 5.13. The molecule has 0 spiro atoms. The van der Waals surface area contributed by atoms with Gasteiger partial charge in [0.2, 0.25) is 0 Å². The van der Waals surface area contributed by atoms with Gasteiger partial charge in [-0.1, -0.05) is 96.8 Å². The van der Waals surface area contributed by atoms with E-state index in [0.717, 1.165) is 25.7 Å². The fraction of sp³-hybridized carbons (Fsp3) is 0.967. The van der Waals surface area contributed by atoms with Crippen LogP contribution in [0.1, 0.15) is 110 Å². The Morgan fingerprint density at radius 1 is 0.714 bits per heavy atom. The summed E-state index contributed by atoms with van der Waals surface area (Å²) in [6, 6.07) is 0. The summed E-state index contributed by atoms with van der Waals surface area (Å²) < 4.78 is 16.3. The molecule has 0 saturated carbocycles. The molecule has 1 saturated heterocycles. The quantitative estimate of drug-likeness (QED) is 0.0539. The minimum absolute atomic E-state index is 0.0439. The third-order valence-electron chi connectivity index (χ3n) is 7.85. The lowest BCUT2D eigenvalue weighted by Gasteiger charge is -2.43. The van der Waals surface area contributed by atoms with E-state index in [9.17, 15) is 40.5 Å². The minimum atomic E-state index is -1.89. The van der Waals surface area contributed by atoms with Gasteiger partial charge >= 0.3 is 5.97 Å². The Morgan fingerprint density at radius 2 is 1.19 bits per heavy atom. The van der Waals surface area contributed by atoms with Crippen LogP contribution >= 0.6 is 0 Å². The normalized spacial score (nSPS) is 25.6. The molecule has 0 amide bonds. The van der Waals surface area contributed by atoms with Crippen molar-refractivity contribution in [3.63, 3.8) is 0 Å². The molecule has 8 N–H and O–H groups in total. The summed E-state index contributed by atoms with van der Waals surface area (Å²) in [5.41, 5.74) is 0. The molecule has 0 aromatic rings. The van der Waals surface area contributed by atoms with Crippen molar-refractivity contribution in [3.8, 4) is 0 Å². The Labute approximate surface area is 250 Å². The summed E-state index contributed by atoms with van der Waals surface area (Å²) in [6.07, 6.45) is 2.59. The average molecular weight is 611 g/mol. The van der Waals surface area contributed by atoms with Crippen LogP contribution < -0.4 is 0 Å². The van der Waals surface area contributed by atoms with E-state index in [0.29, 0.717) is 6.42 Å². The van der Waals surface area contributed by atoms with Gasteiger partial charge in [-0.15, -0.1) is 0 Å². The van der Waals surface area contributed by atoms with Gasteiger partial charge in [0.25, 0.3) is 0 Å². The Kier molecular flexibility index (Phi) is 21.8. The number of hydrogen-bond acceptors (Lipinski definition) is 12. The van der Waals surface area contributed by atoms with Crippen LogP contribution in [0.4, 0.5) is 0 Å². The lowest BCUT2D eigenvalue weighted by atomic mass is 9.98. The molecule has 0 unspecified atom stereocenters. The van der Waals surface area contributed by atoms with E-state index >= 15 is 0 Å². The van der Waals surface area contributed by atoms with Gasteiger partial charge in [0.05, 0.1) is 19.8 Å². The van der Waals surface area contributed by atoms with Crippen molar-refractivity contribution in [2.24, 2.45) is 0 Å². The number of rotatable bonds is 25. The molecular weight excluding hydrogens is 552 g/mol. The van der Waals surface area contributed by atoms with Crippen molar-refractivity contribution < 1.29 is 59.9 Å². The standard InChI is InChI=1S/C30H58O12/c1-2-3-4-5-6-7-8-9-10-11-12-13-14-15-16-17-24(36)41-29-27(39)26(38)23(20-33)40-30(29)42-28(22(35)19-32)25(37)21(34)18-31/h21-23,25-35,37-39H,2-20H2,1H3/t21-,22+,23+,25+,26-,27-,28+,29+,30-/m0/s1. The first kappa shape index (κ1) is 39.1.